The average molecular weight is 638 g/mol. The van der Waals surface area contributed by atoms with Crippen molar-refractivity contribution in [2.75, 3.05) is 57.9 Å². The first kappa shape index (κ1) is 32.9. The quantitative estimate of drug-likeness (QED) is 0.192. The van der Waals surface area contributed by atoms with Gasteiger partial charge in [-0.3, -0.25) is 0 Å². The topological polar surface area (TPSA) is 79.9 Å². The van der Waals surface area contributed by atoms with E-state index >= 15 is 0 Å². The van der Waals surface area contributed by atoms with Crippen molar-refractivity contribution in [1.82, 2.24) is 4.90 Å². The third kappa shape index (κ3) is 9.01. The molecule has 1 heterocycles. The molecule has 43 heavy (non-hydrogen) atoms. The van der Waals surface area contributed by atoms with E-state index in [1.54, 1.807) is 18.2 Å². The maximum atomic E-state index is 13.7. The smallest absolute Gasteiger partial charge is 0.393 e. The second-order valence-electron chi connectivity index (χ2n) is 10.9. The van der Waals surface area contributed by atoms with E-state index in [4.69, 9.17) is 9.47 Å². The molecule has 1 aliphatic rings. The molecular formula is C31H38F3N3O4S2. The zero-order chi connectivity index (χ0) is 31.2. The van der Waals surface area contributed by atoms with E-state index in [0.717, 1.165) is 42.3 Å². The molecular weight excluding hydrogens is 599 g/mol. The predicted octanol–water partition coefficient (Wildman–Crippen LogP) is 6.18. The van der Waals surface area contributed by atoms with Crippen molar-refractivity contribution in [1.29, 1.82) is 0 Å². The van der Waals surface area contributed by atoms with Gasteiger partial charge in [-0.15, -0.1) is 11.3 Å². The van der Waals surface area contributed by atoms with Crippen molar-refractivity contribution in [2.45, 2.75) is 55.3 Å². The number of anilines is 2. The molecule has 234 valence electrons. The van der Waals surface area contributed by atoms with Crippen LogP contribution in [-0.4, -0.2) is 78.8 Å². The van der Waals surface area contributed by atoms with Crippen molar-refractivity contribution in [3.05, 3.63) is 46.8 Å². The Kier molecular flexibility index (Phi) is 10.9. The summed E-state index contributed by atoms with van der Waals surface area (Å²) in [6.45, 7) is 0.628. The van der Waals surface area contributed by atoms with Crippen LogP contribution in [0.15, 0.2) is 41.3 Å². The number of hydrogen-bond donors (Lipinski definition) is 2. The molecule has 7 nitrogen and oxygen atoms in total. The minimum Gasteiger partial charge on any atom is -0.489 e. The van der Waals surface area contributed by atoms with Gasteiger partial charge in [-0.1, -0.05) is 24.0 Å². The number of nitrogens with zero attached hydrogens (tertiary/aromatic N) is 1. The highest BCUT2D eigenvalue weighted by molar-refractivity contribution is 7.90. The van der Waals surface area contributed by atoms with Crippen LogP contribution < -0.4 is 15.4 Å². The van der Waals surface area contributed by atoms with Gasteiger partial charge in [0.05, 0.1) is 45.4 Å². The highest BCUT2D eigenvalue weighted by Gasteiger charge is 2.31. The zero-order valence-electron chi connectivity index (χ0n) is 24.8. The van der Waals surface area contributed by atoms with Gasteiger partial charge in [-0.05, 0) is 68.9 Å². The molecule has 12 heteroatoms. The number of halogens is 3. The molecule has 0 aliphatic heterocycles. The summed E-state index contributed by atoms with van der Waals surface area (Å²) >= 11 is 1.28. The molecule has 0 atom stereocenters. The second kappa shape index (κ2) is 14.2. The van der Waals surface area contributed by atoms with Gasteiger partial charge in [-0.25, -0.2) is 8.42 Å². The first-order valence-electron chi connectivity index (χ1n) is 14.1. The van der Waals surface area contributed by atoms with Crippen molar-refractivity contribution in [3.8, 4) is 17.6 Å². The summed E-state index contributed by atoms with van der Waals surface area (Å²) in [7, 11) is 2.26. The molecule has 0 amide bonds. The lowest BCUT2D eigenvalue weighted by molar-refractivity contribution is -0.126. The maximum absolute atomic E-state index is 13.7. The molecule has 1 fully saturated rings. The first-order chi connectivity index (χ1) is 20.4. The number of hydrogen-bond acceptors (Lipinski definition) is 8. The Balaban J connectivity index is 1.57. The van der Waals surface area contributed by atoms with Gasteiger partial charge in [0, 0.05) is 31.5 Å². The van der Waals surface area contributed by atoms with Gasteiger partial charge in [-0.2, -0.15) is 13.2 Å². The van der Waals surface area contributed by atoms with Crippen LogP contribution >= 0.6 is 11.3 Å². The van der Waals surface area contributed by atoms with Gasteiger partial charge in [0.25, 0.3) is 0 Å². The monoisotopic (exact) mass is 637 g/mol. The standard InChI is InChI=1S/C31H38F3N3O4S2/c1-37(2)22-12-10-21(11-13-22)36-27-8-5-7-24-25(20-31(32,33)34)29(42-30(24)27)9-6-16-35-26-15-14-23(43(4,38)39)19-28(26)41-18-17-40-3/h5,7-8,14-15,19,21-22,35-36H,10-13,16-18,20H2,1-4H3. The van der Waals surface area contributed by atoms with Crippen molar-refractivity contribution >= 4 is 42.6 Å². The molecule has 0 radical (unpaired) electrons. The van der Waals surface area contributed by atoms with Crippen LogP contribution in [0.4, 0.5) is 24.5 Å². The Morgan fingerprint density at radius 2 is 1.81 bits per heavy atom. The Labute approximate surface area is 255 Å². The maximum Gasteiger partial charge on any atom is 0.393 e. The molecule has 0 bridgehead atoms. The second-order valence-corrected chi connectivity index (χ2v) is 14.0. The SMILES string of the molecule is COCCOc1cc(S(C)(=O)=O)ccc1NCC#Cc1sc2c(NC3CCC(N(C)C)CC3)cccc2c1CC(F)(F)F. The van der Waals surface area contributed by atoms with Crippen LogP contribution in [-0.2, 0) is 21.0 Å². The lowest BCUT2D eigenvalue weighted by Crippen LogP contribution is -2.36. The highest BCUT2D eigenvalue weighted by Crippen LogP contribution is 2.40. The average Bonchev–Trinajstić information content (AvgIpc) is 3.28. The molecule has 0 spiro atoms. The Hall–Kier alpha value is -2.98. The van der Waals surface area contributed by atoms with Crippen LogP contribution in [0.5, 0.6) is 5.75 Å². The molecule has 4 rings (SSSR count). The van der Waals surface area contributed by atoms with Crippen molar-refractivity contribution in [2.24, 2.45) is 0 Å². The number of ether oxygens (including phenoxy) is 2. The number of rotatable bonds is 11. The number of sulfone groups is 1. The molecule has 1 aliphatic carbocycles. The summed E-state index contributed by atoms with van der Waals surface area (Å²) in [6.07, 6.45) is -0.186. The summed E-state index contributed by atoms with van der Waals surface area (Å²) in [6, 6.07) is 10.7. The summed E-state index contributed by atoms with van der Waals surface area (Å²) in [5, 5.41) is 7.27. The van der Waals surface area contributed by atoms with E-state index in [-0.39, 0.29) is 29.7 Å². The lowest BCUT2D eigenvalue weighted by atomic mass is 9.90. The fourth-order valence-corrected chi connectivity index (χ4v) is 7.02. The number of methoxy groups -OCH3 is 1. The van der Waals surface area contributed by atoms with Crippen LogP contribution in [0.25, 0.3) is 10.1 Å². The Morgan fingerprint density at radius 1 is 1.07 bits per heavy atom. The van der Waals surface area contributed by atoms with Crippen molar-refractivity contribution in [3.63, 3.8) is 0 Å². The fraction of sp³-hybridized carbons (Fsp3) is 0.484. The molecule has 0 saturated heterocycles. The van der Waals surface area contributed by atoms with E-state index < -0.39 is 22.4 Å². The number of fused-ring (bicyclic) bond motifs is 1. The third-order valence-corrected chi connectivity index (χ3v) is 9.78. The summed E-state index contributed by atoms with van der Waals surface area (Å²) in [5.74, 6) is 6.24. The molecule has 1 aromatic heterocycles. The van der Waals surface area contributed by atoms with Gasteiger partial charge in [0.2, 0.25) is 0 Å². The van der Waals surface area contributed by atoms with Gasteiger partial charge in [0.1, 0.15) is 12.4 Å². The zero-order valence-corrected chi connectivity index (χ0v) is 26.4. The fourth-order valence-electron chi connectivity index (χ4n) is 5.22. The summed E-state index contributed by atoms with van der Waals surface area (Å²) in [5.41, 5.74) is 1.54. The normalized spacial score (nSPS) is 17.5. The molecule has 1 saturated carbocycles. The number of nitrogens with one attached hydrogen (secondary N) is 2. The van der Waals surface area contributed by atoms with Gasteiger partial charge in [0.15, 0.2) is 9.84 Å². The largest absolute Gasteiger partial charge is 0.489 e. The van der Waals surface area contributed by atoms with Crippen LogP contribution in [0.1, 0.15) is 36.1 Å². The van der Waals surface area contributed by atoms with Gasteiger partial charge < -0.3 is 25.0 Å². The van der Waals surface area contributed by atoms with E-state index in [2.05, 4.69) is 41.5 Å². The highest BCUT2D eigenvalue weighted by atomic mass is 32.2. The summed E-state index contributed by atoms with van der Waals surface area (Å²) in [4.78, 5) is 2.73. The minimum absolute atomic E-state index is 0.105. The molecule has 0 unspecified atom stereocenters. The lowest BCUT2D eigenvalue weighted by Gasteiger charge is -2.33. The number of thiophene rings is 1. The van der Waals surface area contributed by atoms with Gasteiger partial charge >= 0.3 is 6.18 Å². The van der Waals surface area contributed by atoms with E-state index in [1.165, 1.54) is 30.6 Å². The molecule has 2 N–H and O–H groups in total. The molecule has 2 aromatic carbocycles. The van der Waals surface area contributed by atoms with E-state index in [0.29, 0.717) is 34.3 Å². The van der Waals surface area contributed by atoms with E-state index in [9.17, 15) is 21.6 Å². The van der Waals surface area contributed by atoms with Crippen molar-refractivity contribution < 1.29 is 31.1 Å². The number of alkyl halides is 3. The van der Waals surface area contributed by atoms with Crippen LogP contribution in [0.2, 0.25) is 0 Å². The predicted molar refractivity (Wildman–Crippen MR) is 167 cm³/mol. The Bertz CT molecular complexity index is 1570. The third-order valence-electron chi connectivity index (χ3n) is 7.48. The summed E-state index contributed by atoms with van der Waals surface area (Å²) < 4.78 is 76.5. The van der Waals surface area contributed by atoms with Crippen LogP contribution in [0.3, 0.4) is 0 Å². The Morgan fingerprint density at radius 3 is 2.47 bits per heavy atom. The number of benzene rings is 2. The first-order valence-corrected chi connectivity index (χ1v) is 16.8. The molecule has 3 aromatic rings. The van der Waals surface area contributed by atoms with E-state index in [1.807, 2.05) is 6.07 Å². The minimum atomic E-state index is -4.38. The van der Waals surface area contributed by atoms with Crippen LogP contribution in [0, 0.1) is 11.8 Å².